The van der Waals surface area contributed by atoms with Crippen LogP contribution in [0.25, 0.3) is 0 Å². The third-order valence-corrected chi connectivity index (χ3v) is 2.94. The van der Waals surface area contributed by atoms with E-state index in [0.29, 0.717) is 23.8 Å². The van der Waals surface area contributed by atoms with Crippen molar-refractivity contribution in [3.63, 3.8) is 0 Å². The first-order chi connectivity index (χ1) is 9.95. The highest BCUT2D eigenvalue weighted by Crippen LogP contribution is 2.23. The Labute approximate surface area is 124 Å². The van der Waals surface area contributed by atoms with Crippen LogP contribution < -0.4 is 5.32 Å². The Balaban J connectivity index is 1.94. The van der Waals surface area contributed by atoms with Crippen LogP contribution in [0.4, 0.5) is 5.69 Å². The number of benzene rings is 1. The second kappa shape index (κ2) is 6.36. The summed E-state index contributed by atoms with van der Waals surface area (Å²) >= 11 is 5.92. The number of rotatable bonds is 5. The smallest absolute Gasteiger partial charge is 0.335 e. The standard InChI is InChI=1S/C13H12ClN3O4/c1-7-15-12(21-17-7)5-4-11(18)16-10-3-2-8(13(19)20)6-9(10)14/h2-3,6H,4-5H2,1H3,(H,16,18)(H,19,20). The van der Waals surface area contributed by atoms with E-state index in [4.69, 9.17) is 21.2 Å². The molecule has 0 spiro atoms. The van der Waals surface area contributed by atoms with Gasteiger partial charge >= 0.3 is 5.97 Å². The van der Waals surface area contributed by atoms with Crippen molar-refractivity contribution in [3.05, 3.63) is 40.5 Å². The molecule has 0 aliphatic heterocycles. The lowest BCUT2D eigenvalue weighted by Gasteiger charge is -2.07. The summed E-state index contributed by atoms with van der Waals surface area (Å²) in [6.07, 6.45) is 0.468. The van der Waals surface area contributed by atoms with Gasteiger partial charge in [-0.1, -0.05) is 16.8 Å². The van der Waals surface area contributed by atoms with E-state index in [1.54, 1.807) is 6.92 Å². The monoisotopic (exact) mass is 309 g/mol. The number of halogens is 1. The number of hydrogen-bond acceptors (Lipinski definition) is 5. The van der Waals surface area contributed by atoms with Crippen LogP contribution in [0.5, 0.6) is 0 Å². The molecule has 2 N–H and O–H groups in total. The van der Waals surface area contributed by atoms with Gasteiger partial charge in [0, 0.05) is 12.8 Å². The van der Waals surface area contributed by atoms with Gasteiger partial charge in [0.05, 0.1) is 16.3 Å². The molecule has 0 radical (unpaired) electrons. The molecular weight excluding hydrogens is 298 g/mol. The summed E-state index contributed by atoms with van der Waals surface area (Å²) in [5, 5.41) is 15.2. The minimum Gasteiger partial charge on any atom is -0.478 e. The maximum absolute atomic E-state index is 11.8. The van der Waals surface area contributed by atoms with Gasteiger partial charge in [-0.05, 0) is 25.1 Å². The van der Waals surface area contributed by atoms with Gasteiger partial charge in [0.1, 0.15) is 0 Å². The number of carboxylic acid groups (broad SMARTS) is 1. The number of nitrogens with one attached hydrogen (secondary N) is 1. The first-order valence-corrected chi connectivity index (χ1v) is 6.45. The van der Waals surface area contributed by atoms with Crippen LogP contribution in [0.1, 0.15) is 28.5 Å². The number of amides is 1. The van der Waals surface area contributed by atoms with Crippen molar-refractivity contribution in [2.45, 2.75) is 19.8 Å². The van der Waals surface area contributed by atoms with Gasteiger partial charge in [-0.2, -0.15) is 4.98 Å². The fourth-order valence-corrected chi connectivity index (χ4v) is 1.85. The minimum absolute atomic E-state index is 0.0549. The Hall–Kier alpha value is -2.41. The average Bonchev–Trinajstić information content (AvgIpc) is 2.84. The number of hydrogen-bond donors (Lipinski definition) is 2. The van der Waals surface area contributed by atoms with Crippen LogP contribution in [-0.4, -0.2) is 27.1 Å². The Morgan fingerprint density at radius 2 is 2.19 bits per heavy atom. The molecule has 0 aliphatic carbocycles. The third-order valence-electron chi connectivity index (χ3n) is 2.63. The lowest BCUT2D eigenvalue weighted by molar-refractivity contribution is -0.116. The lowest BCUT2D eigenvalue weighted by atomic mass is 10.2. The van der Waals surface area contributed by atoms with Gasteiger partial charge in [-0.3, -0.25) is 4.79 Å². The summed E-state index contributed by atoms with van der Waals surface area (Å²) in [6.45, 7) is 1.69. The number of anilines is 1. The Kier molecular flexibility index (Phi) is 4.54. The fraction of sp³-hybridized carbons (Fsp3) is 0.231. The summed E-state index contributed by atoms with van der Waals surface area (Å²) in [4.78, 5) is 26.6. The van der Waals surface area contributed by atoms with Crippen LogP contribution in [0, 0.1) is 6.92 Å². The van der Waals surface area contributed by atoms with Gasteiger partial charge in [-0.15, -0.1) is 0 Å². The number of nitrogens with zero attached hydrogens (tertiary/aromatic N) is 2. The molecule has 1 heterocycles. The topological polar surface area (TPSA) is 105 Å². The van der Waals surface area contributed by atoms with Crippen LogP contribution in [0.2, 0.25) is 5.02 Å². The molecule has 8 heteroatoms. The molecule has 1 amide bonds. The van der Waals surface area contributed by atoms with E-state index >= 15 is 0 Å². The summed E-state index contributed by atoms with van der Waals surface area (Å²) in [6, 6.07) is 4.09. The fourth-order valence-electron chi connectivity index (χ4n) is 1.62. The second-order valence-corrected chi connectivity index (χ2v) is 4.69. The zero-order chi connectivity index (χ0) is 15.4. The number of aromatic nitrogens is 2. The van der Waals surface area contributed by atoms with E-state index in [9.17, 15) is 9.59 Å². The van der Waals surface area contributed by atoms with E-state index < -0.39 is 5.97 Å². The summed E-state index contributed by atoms with van der Waals surface area (Å²) in [5.41, 5.74) is 0.410. The van der Waals surface area contributed by atoms with Crippen LogP contribution in [-0.2, 0) is 11.2 Å². The molecule has 21 heavy (non-hydrogen) atoms. The molecule has 2 rings (SSSR count). The van der Waals surface area contributed by atoms with E-state index in [1.807, 2.05) is 0 Å². The number of carboxylic acids is 1. The highest BCUT2D eigenvalue weighted by atomic mass is 35.5. The van der Waals surface area contributed by atoms with Crippen molar-refractivity contribution in [2.24, 2.45) is 0 Å². The largest absolute Gasteiger partial charge is 0.478 e. The zero-order valence-electron chi connectivity index (χ0n) is 11.1. The van der Waals surface area contributed by atoms with Gasteiger partial charge in [-0.25, -0.2) is 4.79 Å². The van der Waals surface area contributed by atoms with E-state index in [-0.39, 0.29) is 22.9 Å². The molecule has 1 aromatic heterocycles. The summed E-state index contributed by atoms with van der Waals surface area (Å²) in [7, 11) is 0. The highest BCUT2D eigenvalue weighted by Gasteiger charge is 2.11. The Bertz CT molecular complexity index is 684. The second-order valence-electron chi connectivity index (χ2n) is 4.28. The van der Waals surface area contributed by atoms with E-state index in [2.05, 4.69) is 15.5 Å². The molecule has 2 aromatic rings. The summed E-state index contributed by atoms with van der Waals surface area (Å²) in [5.74, 6) is -0.468. The maximum Gasteiger partial charge on any atom is 0.335 e. The predicted octanol–water partition coefficient (Wildman–Crippen LogP) is 2.30. The maximum atomic E-state index is 11.8. The van der Waals surface area contributed by atoms with Crippen LogP contribution in [0.3, 0.4) is 0 Å². The van der Waals surface area contributed by atoms with Crippen LogP contribution >= 0.6 is 11.6 Å². The SMILES string of the molecule is Cc1noc(CCC(=O)Nc2ccc(C(=O)O)cc2Cl)n1. The molecule has 1 aromatic carbocycles. The third kappa shape index (κ3) is 4.03. The molecule has 7 nitrogen and oxygen atoms in total. The van der Waals surface area contributed by atoms with Crippen molar-refractivity contribution in [2.75, 3.05) is 5.32 Å². The summed E-state index contributed by atoms with van der Waals surface area (Å²) < 4.78 is 4.90. The lowest BCUT2D eigenvalue weighted by Crippen LogP contribution is -2.13. The van der Waals surface area contributed by atoms with Crippen molar-refractivity contribution < 1.29 is 19.2 Å². The average molecular weight is 310 g/mol. The van der Waals surface area contributed by atoms with Crippen molar-refractivity contribution in [3.8, 4) is 0 Å². The molecule has 110 valence electrons. The Morgan fingerprint density at radius 1 is 1.43 bits per heavy atom. The van der Waals surface area contributed by atoms with Crippen LogP contribution in [0.15, 0.2) is 22.7 Å². The molecule has 0 unspecified atom stereocenters. The molecule has 0 saturated carbocycles. The van der Waals surface area contributed by atoms with Gasteiger partial charge < -0.3 is 14.9 Å². The van der Waals surface area contributed by atoms with Crippen molar-refractivity contribution in [1.29, 1.82) is 0 Å². The van der Waals surface area contributed by atoms with Gasteiger partial charge in [0.2, 0.25) is 11.8 Å². The molecule has 0 bridgehead atoms. The van der Waals surface area contributed by atoms with Crippen molar-refractivity contribution in [1.82, 2.24) is 10.1 Å². The molecule has 0 saturated heterocycles. The molecule has 0 atom stereocenters. The van der Waals surface area contributed by atoms with E-state index in [0.717, 1.165) is 0 Å². The highest BCUT2D eigenvalue weighted by molar-refractivity contribution is 6.34. The number of aromatic carboxylic acids is 1. The molecular formula is C13H12ClN3O4. The number of carbonyl (C=O) groups excluding carboxylic acids is 1. The van der Waals surface area contributed by atoms with Crippen molar-refractivity contribution >= 4 is 29.2 Å². The normalized spacial score (nSPS) is 10.4. The number of carbonyl (C=O) groups is 2. The first-order valence-electron chi connectivity index (χ1n) is 6.07. The molecule has 0 fully saturated rings. The quantitative estimate of drug-likeness (QED) is 0.878. The van der Waals surface area contributed by atoms with E-state index in [1.165, 1.54) is 18.2 Å². The number of aryl methyl sites for hydroxylation is 2. The van der Waals surface area contributed by atoms with Gasteiger partial charge in [0.25, 0.3) is 0 Å². The predicted molar refractivity (Wildman–Crippen MR) is 74.4 cm³/mol. The zero-order valence-corrected chi connectivity index (χ0v) is 11.8. The first kappa shape index (κ1) is 15.0. The molecule has 0 aliphatic rings. The van der Waals surface area contributed by atoms with Gasteiger partial charge in [0.15, 0.2) is 5.82 Å². The Morgan fingerprint density at radius 3 is 2.76 bits per heavy atom. The minimum atomic E-state index is -1.08.